The first-order chi connectivity index (χ1) is 47.2. The standard InChI is InChI=1S/C72H129N15O14/c1-25-52-65(93)80(19)53(26-2)66(94)85(24)59(51(16)101-37-31-30-34-86-35-38-100-39-36-86)63(91)79-57(46(9)10)69(97)81(20)54(40-43(3)4)62(90)76-49(14)61(89)77-50(15)64(92)82(21)55(41-44(5)6)67(95)83(22)56(42-45(7)8)68(96)84(23)58(47(11)12)70(98)87(75-18)72(74-17,71(99)78-52)60(88)48(13)32-28-27-29-33-73/h17,26,43-60,75,88H,2,25,27-42,73H2,1,3-16,18-24H3,(H3-,76,77,78,79,89,90,91,99)/p+1/t48-,49+,50-,51-,52+,53-,54+,55+,56+,57+,58+,59+,60-,72+/m1/s1. The fourth-order valence-corrected chi connectivity index (χ4v) is 13.2. The van der Waals surface area contributed by atoms with Crippen molar-refractivity contribution in [1.82, 2.24) is 66.0 Å². The number of aliphatic hydroxyl groups is 1. The number of amides is 11. The fraction of sp³-hybridized carbons (Fsp3) is 0.806. The summed E-state index contributed by atoms with van der Waals surface area (Å²) >= 11 is 0. The van der Waals surface area contributed by atoms with Crippen LogP contribution in [-0.2, 0) is 62.2 Å². The Morgan fingerprint density at radius 2 is 1.13 bits per heavy atom. The number of unbranched alkanes of at least 4 members (excludes halogenated alkanes) is 3. The van der Waals surface area contributed by atoms with E-state index >= 15 is 38.4 Å². The number of hydrogen-bond donors (Lipinski definition) is 7. The van der Waals surface area contributed by atoms with Gasteiger partial charge in [-0.1, -0.05) is 102 Å². The van der Waals surface area contributed by atoms with Gasteiger partial charge in [0.25, 0.3) is 12.5 Å². The maximum atomic E-state index is 15.8. The zero-order valence-electron chi connectivity index (χ0n) is 65.1. The lowest BCUT2D eigenvalue weighted by atomic mass is 9.86. The lowest BCUT2D eigenvalue weighted by molar-refractivity contribution is -0.167. The fourth-order valence-electron chi connectivity index (χ4n) is 13.2. The summed E-state index contributed by atoms with van der Waals surface area (Å²) in [6.45, 7) is 40.0. The number of hydrazine groups is 1. The van der Waals surface area contributed by atoms with Gasteiger partial charge < -0.3 is 71.0 Å². The van der Waals surface area contributed by atoms with Crippen LogP contribution in [0.3, 0.4) is 0 Å². The quantitative estimate of drug-likeness (QED) is 0.0510. The van der Waals surface area contributed by atoms with Gasteiger partial charge in [0.2, 0.25) is 53.2 Å². The number of carbonyl (C=O) groups is 11. The maximum absolute atomic E-state index is 15.8. The summed E-state index contributed by atoms with van der Waals surface area (Å²) < 4.78 is 11.9. The Labute approximate surface area is 602 Å². The van der Waals surface area contributed by atoms with Crippen LogP contribution in [0.15, 0.2) is 12.7 Å². The van der Waals surface area contributed by atoms with Crippen LogP contribution in [0.25, 0.3) is 4.85 Å². The van der Waals surface area contributed by atoms with Crippen LogP contribution in [0.2, 0.25) is 0 Å². The molecule has 0 radical (unpaired) electrons. The van der Waals surface area contributed by atoms with Gasteiger partial charge in [-0.3, -0.25) is 57.6 Å². The molecule has 0 aliphatic carbocycles. The summed E-state index contributed by atoms with van der Waals surface area (Å²) in [5, 5.41) is 24.5. The largest absolute Gasteiger partial charge is 0.473 e. The van der Waals surface area contributed by atoms with Gasteiger partial charge in [0.1, 0.15) is 60.4 Å². The van der Waals surface area contributed by atoms with Crippen molar-refractivity contribution in [3.63, 3.8) is 0 Å². The predicted octanol–water partition coefficient (Wildman–Crippen LogP) is 2.64. The van der Waals surface area contributed by atoms with Crippen LogP contribution < -0.4 is 32.4 Å². The smallest absolute Gasteiger partial charge is 0.382 e. The van der Waals surface area contributed by atoms with Crippen molar-refractivity contribution in [3.05, 3.63) is 17.5 Å². The average Bonchev–Trinajstić information content (AvgIpc) is 0.756. The summed E-state index contributed by atoms with van der Waals surface area (Å²) in [6, 6.07) is -13.6. The van der Waals surface area contributed by atoms with E-state index in [9.17, 15) is 19.5 Å². The Bertz CT molecular complexity index is 2800. The van der Waals surface area contributed by atoms with Crippen molar-refractivity contribution < 1.29 is 67.3 Å². The third kappa shape index (κ3) is 24.4. The third-order valence-electron chi connectivity index (χ3n) is 19.5. The molecule has 2 aliphatic rings. The number of nitrogens with one attached hydrogen (secondary N) is 5. The second kappa shape index (κ2) is 42.7. The molecule has 0 aromatic rings. The lowest BCUT2D eigenvalue weighted by Gasteiger charge is -2.42. The first kappa shape index (κ1) is 90.2. The molecule has 29 nitrogen and oxygen atoms in total. The molecule has 0 spiro atoms. The molecule has 2 heterocycles. The topological polar surface area (TPSA) is 343 Å². The number of nitrogens with zero attached hydrogens (tertiary/aromatic N) is 9. The Kier molecular flexibility index (Phi) is 38.1. The molecule has 0 aromatic heterocycles. The number of rotatable bonds is 25. The van der Waals surface area contributed by atoms with Gasteiger partial charge in [0.05, 0.1) is 19.3 Å². The van der Waals surface area contributed by atoms with Crippen LogP contribution in [-0.4, -0.2) is 283 Å². The highest BCUT2D eigenvalue weighted by atomic mass is 16.5. The van der Waals surface area contributed by atoms with Crippen molar-refractivity contribution in [2.75, 3.05) is 95.3 Å². The zero-order chi connectivity index (χ0) is 77.2. The summed E-state index contributed by atoms with van der Waals surface area (Å²) in [5.74, 6) is -11.7. The van der Waals surface area contributed by atoms with Crippen LogP contribution in [0.4, 0.5) is 0 Å². The van der Waals surface area contributed by atoms with E-state index in [1.165, 1.54) is 88.9 Å². The number of ether oxygens (including phenoxy) is 2. The Hall–Kier alpha value is -6.84. The minimum atomic E-state index is -2.81. The summed E-state index contributed by atoms with van der Waals surface area (Å²) in [7, 11) is 9.59. The van der Waals surface area contributed by atoms with Crippen LogP contribution in [0.5, 0.6) is 0 Å². The molecular formula is C72H130N15O14+. The molecule has 0 saturated carbocycles. The van der Waals surface area contributed by atoms with E-state index in [0.717, 1.165) is 40.9 Å². The summed E-state index contributed by atoms with van der Waals surface area (Å²) in [6.07, 6.45) is 1.80. The van der Waals surface area contributed by atoms with Crippen molar-refractivity contribution in [3.8, 4) is 6.57 Å². The van der Waals surface area contributed by atoms with Gasteiger partial charge in [-0.25, -0.2) is 5.43 Å². The highest BCUT2D eigenvalue weighted by molar-refractivity contribution is 6.01. The van der Waals surface area contributed by atoms with Crippen LogP contribution in [0, 0.1) is 42.1 Å². The van der Waals surface area contributed by atoms with Crippen molar-refractivity contribution in [1.29, 1.82) is 0 Å². The molecule has 8 N–H and O–H groups in total. The van der Waals surface area contributed by atoms with Gasteiger partial charge >= 0.3 is 11.6 Å². The molecule has 0 unspecified atom stereocenters. The van der Waals surface area contributed by atoms with Gasteiger partial charge in [-0.15, -0.1) is 6.58 Å². The number of nitrogens with two attached hydrogens (primary N) is 1. The SMILES string of the molecule is C#[N+][C@]1([C@H](O)[C@H](C)CCCCCN)C(=O)N[C@@H](CC)C(=O)N(C)[C@H](C=C)C(=O)N(C)[C@@H]([C@@H](C)OCCCCN2CCOCC2)C(=O)N[C@@H](C(C)C)C(=O)N(C)[C@@H](CC(C)C)C(=O)N[C@@H](C)C(=O)N[C@H](C)C(=O)N(C)[C@@H](CC(C)C)C(=O)N(C)[C@@H](CC(C)C)C(=O)N(C)[C@@H](C(C)C)C(=O)N1NC. The van der Waals surface area contributed by atoms with Crippen LogP contribution >= 0.6 is 0 Å². The third-order valence-corrected chi connectivity index (χ3v) is 19.5. The number of carbonyl (C=O) groups excluding carboxylic acids is 11. The van der Waals surface area contributed by atoms with Gasteiger partial charge in [-0.05, 0) is 126 Å². The number of aliphatic hydroxyl groups excluding tert-OH is 1. The second-order valence-corrected chi connectivity index (χ2v) is 29.6. The Morgan fingerprint density at radius 3 is 1.62 bits per heavy atom. The first-order valence-electron chi connectivity index (χ1n) is 36.4. The summed E-state index contributed by atoms with van der Waals surface area (Å²) in [5.41, 5.74) is 5.79. The molecule has 576 valence electrons. The van der Waals surface area contributed by atoms with E-state index in [1.807, 2.05) is 41.5 Å². The van der Waals surface area contributed by atoms with Crippen molar-refractivity contribution in [2.45, 2.75) is 246 Å². The molecule has 101 heavy (non-hydrogen) atoms. The molecule has 29 heteroatoms. The lowest BCUT2D eigenvalue weighted by Crippen LogP contribution is -2.73. The monoisotopic (exact) mass is 1430 g/mol. The average molecular weight is 1430 g/mol. The van der Waals surface area contributed by atoms with E-state index in [1.54, 1.807) is 48.5 Å². The number of likely N-dealkylation sites (N-methyl/N-ethyl adjacent to an activating group) is 6. The minimum absolute atomic E-state index is 0.0718. The van der Waals surface area contributed by atoms with Gasteiger partial charge in [0.15, 0.2) is 6.10 Å². The Morgan fingerprint density at radius 1 is 0.614 bits per heavy atom. The van der Waals surface area contributed by atoms with E-state index in [-0.39, 0.29) is 56.5 Å². The number of hydrogen-bond acceptors (Lipinski definition) is 17. The minimum Gasteiger partial charge on any atom is -0.382 e. The summed E-state index contributed by atoms with van der Waals surface area (Å²) in [4.78, 5) is 179. The normalized spacial score (nSPS) is 27.2. The molecule has 14 atom stereocenters. The van der Waals surface area contributed by atoms with Crippen molar-refractivity contribution >= 4 is 65.0 Å². The molecule has 11 amide bonds. The molecule has 2 fully saturated rings. The molecule has 2 rings (SSSR count). The highest BCUT2D eigenvalue weighted by Crippen LogP contribution is 2.33. The zero-order valence-corrected chi connectivity index (χ0v) is 65.1. The van der Waals surface area contributed by atoms with Gasteiger partial charge in [0, 0.05) is 69.0 Å². The second-order valence-electron chi connectivity index (χ2n) is 29.6. The van der Waals surface area contributed by atoms with Crippen LogP contribution in [0.1, 0.15) is 168 Å². The van der Waals surface area contributed by atoms with Crippen molar-refractivity contribution in [2.24, 2.45) is 41.2 Å². The molecule has 2 aliphatic heterocycles. The number of morpholine rings is 1. The maximum Gasteiger partial charge on any atom is 0.473 e. The predicted molar refractivity (Wildman–Crippen MR) is 388 cm³/mol. The first-order valence-corrected chi connectivity index (χ1v) is 36.4. The van der Waals surface area contributed by atoms with E-state index in [2.05, 4.69) is 43.0 Å². The van der Waals surface area contributed by atoms with Gasteiger partial charge in [-0.2, -0.15) is 5.01 Å². The van der Waals surface area contributed by atoms with E-state index < -0.39 is 161 Å². The van der Waals surface area contributed by atoms with E-state index in [0.29, 0.717) is 45.4 Å². The Balaban J connectivity index is 3.16. The molecule has 0 bridgehead atoms. The highest BCUT2D eigenvalue weighted by Gasteiger charge is 2.66. The molecular weight excluding hydrogens is 1300 g/mol. The van der Waals surface area contributed by atoms with E-state index in [4.69, 9.17) is 21.8 Å². The molecule has 2 saturated heterocycles. The molecule has 0 aromatic carbocycles.